The fourth-order valence-electron chi connectivity index (χ4n) is 1.83. The first-order valence-electron chi connectivity index (χ1n) is 6.32. The van der Waals surface area contributed by atoms with Crippen LogP contribution in [0.2, 0.25) is 0 Å². The summed E-state index contributed by atoms with van der Waals surface area (Å²) >= 11 is 0. The molecule has 0 fully saturated rings. The molecule has 0 amide bonds. The third-order valence-electron chi connectivity index (χ3n) is 2.71. The van der Waals surface area contributed by atoms with Crippen LogP contribution in [0, 0.1) is 12.8 Å². The molecule has 2 aromatic rings. The number of hydrogen-bond acceptors (Lipinski definition) is 3. The first-order valence-corrected chi connectivity index (χ1v) is 6.32. The molecule has 96 valence electrons. The van der Waals surface area contributed by atoms with Crippen molar-refractivity contribution in [1.82, 2.24) is 14.8 Å². The van der Waals surface area contributed by atoms with Crippen LogP contribution < -0.4 is 5.32 Å². The lowest BCUT2D eigenvalue weighted by atomic mass is 10.2. The van der Waals surface area contributed by atoms with E-state index in [0.29, 0.717) is 5.92 Å². The number of nitrogens with zero attached hydrogens (tertiary/aromatic N) is 3. The van der Waals surface area contributed by atoms with Gasteiger partial charge in [0.25, 0.3) is 0 Å². The molecule has 0 saturated carbocycles. The smallest absolute Gasteiger partial charge is 0.129 e. The lowest BCUT2D eigenvalue weighted by molar-refractivity contribution is 0.483. The average molecular weight is 244 g/mol. The van der Waals surface area contributed by atoms with Gasteiger partial charge in [0.2, 0.25) is 0 Å². The molecule has 0 spiro atoms. The molecule has 1 N–H and O–H groups in total. The summed E-state index contributed by atoms with van der Waals surface area (Å²) in [5.41, 5.74) is 2.34. The second-order valence-electron chi connectivity index (χ2n) is 4.99. The minimum absolute atomic E-state index is 0.615. The highest BCUT2D eigenvalue weighted by atomic mass is 15.3. The molecule has 0 aliphatic heterocycles. The Bertz CT molecular complexity index is 502. The molecule has 2 heterocycles. The van der Waals surface area contributed by atoms with Crippen LogP contribution in [-0.2, 0) is 13.1 Å². The predicted octanol–water partition coefficient (Wildman–Crippen LogP) is 2.85. The van der Waals surface area contributed by atoms with Gasteiger partial charge >= 0.3 is 0 Å². The van der Waals surface area contributed by atoms with Gasteiger partial charge < -0.3 is 5.32 Å². The molecule has 0 atom stereocenters. The largest absolute Gasteiger partial charge is 0.366 e. The number of rotatable bonds is 5. The minimum atomic E-state index is 0.615. The van der Waals surface area contributed by atoms with E-state index in [2.05, 4.69) is 48.4 Å². The Balaban J connectivity index is 1.94. The number of aryl methyl sites for hydroxylation is 1. The SMILES string of the molecule is Cc1cccnc1NCc1cnn(CC(C)C)c1. The third-order valence-corrected chi connectivity index (χ3v) is 2.71. The Labute approximate surface area is 108 Å². The Morgan fingerprint density at radius 2 is 2.22 bits per heavy atom. The van der Waals surface area contributed by atoms with Crippen molar-refractivity contribution >= 4 is 5.82 Å². The van der Waals surface area contributed by atoms with Gasteiger partial charge in [-0.05, 0) is 24.5 Å². The molecule has 0 unspecified atom stereocenters. The van der Waals surface area contributed by atoms with Gasteiger partial charge in [0.1, 0.15) is 5.82 Å². The Hall–Kier alpha value is -1.84. The van der Waals surface area contributed by atoms with Crippen LogP contribution in [-0.4, -0.2) is 14.8 Å². The molecule has 4 nitrogen and oxygen atoms in total. The molecule has 0 aromatic carbocycles. The maximum atomic E-state index is 4.35. The van der Waals surface area contributed by atoms with Gasteiger partial charge in [-0.15, -0.1) is 0 Å². The zero-order valence-corrected chi connectivity index (χ0v) is 11.2. The highest BCUT2D eigenvalue weighted by Gasteiger charge is 2.02. The molecule has 2 aromatic heterocycles. The van der Waals surface area contributed by atoms with Crippen molar-refractivity contribution in [1.29, 1.82) is 0 Å². The topological polar surface area (TPSA) is 42.7 Å². The predicted molar refractivity (Wildman–Crippen MR) is 73.4 cm³/mol. The number of nitrogens with one attached hydrogen (secondary N) is 1. The van der Waals surface area contributed by atoms with Gasteiger partial charge in [-0.1, -0.05) is 19.9 Å². The van der Waals surface area contributed by atoms with Crippen molar-refractivity contribution < 1.29 is 0 Å². The molecule has 0 aliphatic carbocycles. The summed E-state index contributed by atoms with van der Waals surface area (Å²) in [6, 6.07) is 4.00. The molecular formula is C14H20N4. The molecule has 18 heavy (non-hydrogen) atoms. The van der Waals surface area contributed by atoms with Gasteiger partial charge in [0.05, 0.1) is 6.20 Å². The Kier molecular flexibility index (Phi) is 3.97. The maximum absolute atomic E-state index is 4.35. The number of aromatic nitrogens is 3. The van der Waals surface area contributed by atoms with Crippen molar-refractivity contribution in [2.24, 2.45) is 5.92 Å². The monoisotopic (exact) mass is 244 g/mol. The summed E-state index contributed by atoms with van der Waals surface area (Å²) in [6.07, 6.45) is 5.80. The van der Waals surface area contributed by atoms with Crippen LogP contribution >= 0.6 is 0 Å². The average Bonchev–Trinajstić information content (AvgIpc) is 2.75. The molecular weight excluding hydrogens is 224 g/mol. The summed E-state index contributed by atoms with van der Waals surface area (Å²) in [7, 11) is 0. The zero-order chi connectivity index (χ0) is 13.0. The van der Waals surface area contributed by atoms with E-state index in [1.54, 1.807) is 6.20 Å². The first kappa shape index (κ1) is 12.6. The number of hydrogen-bond donors (Lipinski definition) is 1. The molecule has 0 aliphatic rings. The minimum Gasteiger partial charge on any atom is -0.366 e. The summed E-state index contributed by atoms with van der Waals surface area (Å²) < 4.78 is 1.99. The normalized spacial score (nSPS) is 10.9. The summed E-state index contributed by atoms with van der Waals surface area (Å²) in [6.45, 7) is 8.16. The van der Waals surface area contributed by atoms with Crippen molar-refractivity contribution in [3.05, 3.63) is 41.9 Å². The van der Waals surface area contributed by atoms with Gasteiger partial charge in [-0.2, -0.15) is 5.10 Å². The summed E-state index contributed by atoms with van der Waals surface area (Å²) in [4.78, 5) is 4.31. The Morgan fingerprint density at radius 1 is 1.39 bits per heavy atom. The van der Waals surface area contributed by atoms with E-state index in [1.165, 1.54) is 5.56 Å². The lowest BCUT2D eigenvalue weighted by Crippen LogP contribution is -2.05. The fraction of sp³-hybridized carbons (Fsp3) is 0.429. The molecule has 4 heteroatoms. The molecule has 0 saturated heterocycles. The second-order valence-corrected chi connectivity index (χ2v) is 4.99. The van der Waals surface area contributed by atoms with E-state index in [1.807, 2.05) is 16.9 Å². The van der Waals surface area contributed by atoms with Crippen LogP contribution in [0.15, 0.2) is 30.7 Å². The quantitative estimate of drug-likeness (QED) is 0.879. The highest BCUT2D eigenvalue weighted by molar-refractivity contribution is 5.42. The van der Waals surface area contributed by atoms with Crippen LogP contribution in [0.1, 0.15) is 25.0 Å². The maximum Gasteiger partial charge on any atom is 0.129 e. The molecule has 0 radical (unpaired) electrons. The third kappa shape index (κ3) is 3.32. The van der Waals surface area contributed by atoms with Gasteiger partial charge in [-0.3, -0.25) is 4.68 Å². The van der Waals surface area contributed by atoms with Gasteiger partial charge in [0.15, 0.2) is 0 Å². The van der Waals surface area contributed by atoms with E-state index < -0.39 is 0 Å². The zero-order valence-electron chi connectivity index (χ0n) is 11.2. The second kappa shape index (κ2) is 5.67. The number of pyridine rings is 1. The van der Waals surface area contributed by atoms with Crippen molar-refractivity contribution in [3.8, 4) is 0 Å². The standard InChI is InChI=1S/C14H20N4/c1-11(2)9-18-10-13(8-17-18)7-16-14-12(3)5-4-6-15-14/h4-6,8,10-11H,7,9H2,1-3H3,(H,15,16). The van der Waals surface area contributed by atoms with Gasteiger partial charge in [-0.25, -0.2) is 4.98 Å². The summed E-state index contributed by atoms with van der Waals surface area (Å²) in [5, 5.41) is 7.68. The van der Waals surface area contributed by atoms with E-state index in [-0.39, 0.29) is 0 Å². The van der Waals surface area contributed by atoms with Crippen molar-refractivity contribution in [3.63, 3.8) is 0 Å². The number of anilines is 1. The van der Waals surface area contributed by atoms with E-state index in [0.717, 1.165) is 24.5 Å². The first-order chi connectivity index (χ1) is 8.65. The van der Waals surface area contributed by atoms with E-state index in [4.69, 9.17) is 0 Å². The van der Waals surface area contributed by atoms with Crippen LogP contribution in [0.5, 0.6) is 0 Å². The fourth-order valence-corrected chi connectivity index (χ4v) is 1.83. The summed E-state index contributed by atoms with van der Waals surface area (Å²) in [5.74, 6) is 1.55. The van der Waals surface area contributed by atoms with Crippen molar-refractivity contribution in [2.75, 3.05) is 5.32 Å². The molecule has 2 rings (SSSR count). The van der Waals surface area contributed by atoms with E-state index in [9.17, 15) is 0 Å². The Morgan fingerprint density at radius 3 is 2.94 bits per heavy atom. The van der Waals surface area contributed by atoms with Gasteiger partial charge in [0, 0.05) is 31.0 Å². The van der Waals surface area contributed by atoms with Crippen LogP contribution in [0.4, 0.5) is 5.82 Å². The van der Waals surface area contributed by atoms with Crippen molar-refractivity contribution in [2.45, 2.75) is 33.9 Å². The lowest BCUT2D eigenvalue weighted by Gasteiger charge is -2.06. The highest BCUT2D eigenvalue weighted by Crippen LogP contribution is 2.11. The van der Waals surface area contributed by atoms with Crippen LogP contribution in [0.25, 0.3) is 0 Å². The van der Waals surface area contributed by atoms with E-state index >= 15 is 0 Å². The molecule has 0 bridgehead atoms. The van der Waals surface area contributed by atoms with Crippen LogP contribution in [0.3, 0.4) is 0 Å².